The minimum atomic E-state index is -0.920. The summed E-state index contributed by atoms with van der Waals surface area (Å²) in [6, 6.07) is 16.1. The summed E-state index contributed by atoms with van der Waals surface area (Å²) in [7, 11) is 1.52. The van der Waals surface area contributed by atoms with Gasteiger partial charge >= 0.3 is 5.97 Å². The number of phenolic OH excluding ortho intramolecular Hbond substituents is 1. The number of phenols is 1. The maximum absolute atomic E-state index is 10.9. The average molecular weight is 398 g/mol. The highest BCUT2D eigenvalue weighted by molar-refractivity contribution is 5.87. The van der Waals surface area contributed by atoms with E-state index in [9.17, 15) is 9.90 Å². The number of rotatable bonds is 6. The molecule has 0 atom stereocenters. The minimum absolute atomic E-state index is 0. The van der Waals surface area contributed by atoms with Gasteiger partial charge in [-0.25, -0.2) is 9.36 Å². The number of benzene rings is 2. The van der Waals surface area contributed by atoms with E-state index in [0.717, 1.165) is 16.7 Å². The number of hydrogen-bond donors (Lipinski definition) is 2. The molecule has 3 rings (SSSR count). The van der Waals surface area contributed by atoms with E-state index in [1.54, 1.807) is 24.3 Å². The number of carbonyl (C=O) groups is 1. The average Bonchev–Trinajstić information content (AvgIpc) is 2.69. The number of carboxylic acids is 1. The van der Waals surface area contributed by atoms with E-state index >= 15 is 0 Å². The number of aromatic nitrogens is 1. The fraction of sp³-hybridized carbons (Fsp3) is 0.0909. The van der Waals surface area contributed by atoms with Crippen LogP contribution in [-0.4, -0.2) is 23.3 Å². The first kappa shape index (κ1) is 21.0. The Kier molecular flexibility index (Phi) is 7.18. The Morgan fingerprint density at radius 1 is 1.00 bits per heavy atom. The summed E-state index contributed by atoms with van der Waals surface area (Å²) < 4.78 is 7.14. The van der Waals surface area contributed by atoms with Crippen molar-refractivity contribution in [1.29, 1.82) is 0 Å². The van der Waals surface area contributed by atoms with Gasteiger partial charge in [0.25, 0.3) is 0 Å². The van der Waals surface area contributed by atoms with Gasteiger partial charge in [0.05, 0.1) is 12.7 Å². The molecule has 0 aliphatic heterocycles. The molecular formula is C22H20ClNO4. The van der Waals surface area contributed by atoms with Crippen LogP contribution in [0, 0.1) is 0 Å². The molecule has 6 heteroatoms. The number of pyridine rings is 1. The van der Waals surface area contributed by atoms with E-state index in [0.29, 0.717) is 12.3 Å². The van der Waals surface area contributed by atoms with Crippen LogP contribution in [0.15, 0.2) is 67.0 Å². The molecule has 2 N–H and O–H groups in total. The van der Waals surface area contributed by atoms with Crippen LogP contribution in [0.3, 0.4) is 0 Å². The largest absolute Gasteiger partial charge is 1.00 e. The molecule has 0 amide bonds. The zero-order chi connectivity index (χ0) is 19.2. The first-order chi connectivity index (χ1) is 13.0. The Morgan fingerprint density at radius 2 is 1.64 bits per heavy atom. The van der Waals surface area contributed by atoms with E-state index in [4.69, 9.17) is 9.84 Å². The summed E-state index contributed by atoms with van der Waals surface area (Å²) >= 11 is 0. The number of aromatic carboxylic acids is 1. The molecule has 0 aliphatic carbocycles. The summed E-state index contributed by atoms with van der Waals surface area (Å²) in [5.41, 5.74) is 3.29. The van der Waals surface area contributed by atoms with Crippen molar-refractivity contribution in [3.8, 4) is 11.5 Å². The molecule has 0 aliphatic rings. The van der Waals surface area contributed by atoms with Crippen LogP contribution >= 0.6 is 0 Å². The van der Waals surface area contributed by atoms with Crippen molar-refractivity contribution in [2.75, 3.05) is 7.11 Å². The van der Waals surface area contributed by atoms with Gasteiger partial charge in [-0.1, -0.05) is 30.4 Å². The van der Waals surface area contributed by atoms with E-state index < -0.39 is 5.97 Å². The Bertz CT molecular complexity index is 967. The zero-order valence-corrected chi connectivity index (χ0v) is 16.0. The summed E-state index contributed by atoms with van der Waals surface area (Å²) in [6.07, 6.45) is 7.88. The van der Waals surface area contributed by atoms with Crippen LogP contribution in [0.1, 0.15) is 27.0 Å². The number of nitrogens with zero attached hydrogens (tertiary/aromatic N) is 1. The van der Waals surface area contributed by atoms with Crippen LogP contribution in [0.5, 0.6) is 11.5 Å². The molecule has 0 fully saturated rings. The van der Waals surface area contributed by atoms with Gasteiger partial charge in [0, 0.05) is 17.7 Å². The third-order valence-corrected chi connectivity index (χ3v) is 4.15. The van der Waals surface area contributed by atoms with E-state index in [1.807, 2.05) is 59.4 Å². The van der Waals surface area contributed by atoms with Crippen LogP contribution in [0.25, 0.3) is 12.2 Å². The lowest BCUT2D eigenvalue weighted by atomic mass is 10.1. The van der Waals surface area contributed by atoms with E-state index in [2.05, 4.69) is 0 Å². The third-order valence-electron chi connectivity index (χ3n) is 4.15. The van der Waals surface area contributed by atoms with Gasteiger partial charge in [-0.05, 0) is 35.4 Å². The van der Waals surface area contributed by atoms with Crippen molar-refractivity contribution in [2.45, 2.75) is 6.54 Å². The smallest absolute Gasteiger partial charge is 0.335 e. The standard InChI is InChI=1S/C22H19NO4.ClH/c1-27-21-14-17(6-9-20(21)24)3-2-16-10-12-23(13-11-16)15-18-4-7-19(8-5-18)22(25)26;/h2-14H,15H2,1H3,(H,25,26);1H. The zero-order valence-electron chi connectivity index (χ0n) is 15.2. The highest BCUT2D eigenvalue weighted by atomic mass is 35.5. The molecule has 5 nitrogen and oxygen atoms in total. The molecule has 144 valence electrons. The molecule has 0 bridgehead atoms. The Labute approximate surface area is 169 Å². The molecule has 0 saturated carbocycles. The van der Waals surface area contributed by atoms with Gasteiger partial charge in [0.2, 0.25) is 0 Å². The summed E-state index contributed by atoms with van der Waals surface area (Å²) in [5.74, 6) is -0.361. The number of methoxy groups -OCH3 is 1. The highest BCUT2D eigenvalue weighted by Crippen LogP contribution is 2.27. The Balaban J connectivity index is 0.00000280. The summed E-state index contributed by atoms with van der Waals surface area (Å²) in [6.45, 7) is 0.666. The molecule has 2 aromatic carbocycles. The van der Waals surface area contributed by atoms with Gasteiger partial charge in [0.15, 0.2) is 30.4 Å². The Hall–Kier alpha value is -3.31. The molecule has 0 unspecified atom stereocenters. The molecule has 1 heterocycles. The van der Waals surface area contributed by atoms with Gasteiger partial charge in [-0.3, -0.25) is 0 Å². The molecule has 1 aromatic heterocycles. The molecule has 0 spiro atoms. The second-order valence-corrected chi connectivity index (χ2v) is 6.07. The van der Waals surface area contributed by atoms with Crippen molar-refractivity contribution in [3.05, 3.63) is 89.2 Å². The van der Waals surface area contributed by atoms with Gasteiger partial charge in [0.1, 0.15) is 0 Å². The summed E-state index contributed by atoms with van der Waals surface area (Å²) in [5, 5.41) is 18.6. The van der Waals surface area contributed by atoms with Crippen molar-refractivity contribution in [2.24, 2.45) is 0 Å². The lowest BCUT2D eigenvalue weighted by Gasteiger charge is -2.03. The summed E-state index contributed by atoms with van der Waals surface area (Å²) in [4.78, 5) is 10.9. The number of hydrogen-bond acceptors (Lipinski definition) is 3. The van der Waals surface area contributed by atoms with Crippen molar-refractivity contribution in [3.63, 3.8) is 0 Å². The second kappa shape index (κ2) is 9.58. The van der Waals surface area contributed by atoms with Crippen LogP contribution < -0.4 is 21.7 Å². The predicted molar refractivity (Wildman–Crippen MR) is 103 cm³/mol. The van der Waals surface area contributed by atoms with Crippen LogP contribution in [-0.2, 0) is 6.54 Å². The van der Waals surface area contributed by atoms with Crippen LogP contribution in [0.4, 0.5) is 0 Å². The SMILES string of the molecule is COc1cc(/C=C\c2cc[n+](Cc3ccc(C(=O)O)cc3)cc2)ccc1O.[Cl-]. The van der Waals surface area contributed by atoms with Crippen molar-refractivity contribution >= 4 is 18.1 Å². The van der Waals surface area contributed by atoms with Gasteiger partial charge in [-0.15, -0.1) is 0 Å². The normalized spacial score (nSPS) is 10.5. The molecule has 0 radical (unpaired) electrons. The Morgan fingerprint density at radius 3 is 2.25 bits per heavy atom. The quantitative estimate of drug-likeness (QED) is 0.598. The fourth-order valence-electron chi connectivity index (χ4n) is 2.64. The lowest BCUT2D eigenvalue weighted by molar-refractivity contribution is -0.688. The van der Waals surface area contributed by atoms with E-state index in [1.165, 1.54) is 7.11 Å². The maximum Gasteiger partial charge on any atom is 0.335 e. The van der Waals surface area contributed by atoms with Crippen molar-refractivity contribution < 1.29 is 36.7 Å². The molecule has 0 saturated heterocycles. The van der Waals surface area contributed by atoms with Crippen LogP contribution in [0.2, 0.25) is 0 Å². The van der Waals surface area contributed by atoms with E-state index in [-0.39, 0.29) is 23.7 Å². The molecule has 28 heavy (non-hydrogen) atoms. The number of halogens is 1. The minimum Gasteiger partial charge on any atom is -1.00 e. The monoisotopic (exact) mass is 397 g/mol. The topological polar surface area (TPSA) is 70.6 Å². The first-order valence-electron chi connectivity index (χ1n) is 8.41. The molecule has 3 aromatic rings. The fourth-order valence-corrected chi connectivity index (χ4v) is 2.64. The number of carboxylic acid groups (broad SMARTS) is 1. The van der Waals surface area contributed by atoms with Gasteiger partial charge < -0.3 is 27.4 Å². The highest BCUT2D eigenvalue weighted by Gasteiger charge is 2.06. The number of aromatic hydroxyl groups is 1. The lowest BCUT2D eigenvalue weighted by Crippen LogP contribution is -3.00. The second-order valence-electron chi connectivity index (χ2n) is 6.07. The predicted octanol–water partition coefficient (Wildman–Crippen LogP) is 0.609. The number of ether oxygens (including phenoxy) is 1. The third kappa shape index (κ3) is 5.34. The molecular weight excluding hydrogens is 378 g/mol. The van der Waals surface area contributed by atoms with Crippen molar-refractivity contribution in [1.82, 2.24) is 0 Å². The maximum atomic E-state index is 10.9. The van der Waals surface area contributed by atoms with Gasteiger partial charge in [-0.2, -0.15) is 0 Å². The first-order valence-corrected chi connectivity index (χ1v) is 8.41.